The van der Waals surface area contributed by atoms with Crippen LogP contribution in [0, 0.1) is 19.7 Å². The Hall–Kier alpha value is -4.45. The van der Waals surface area contributed by atoms with E-state index >= 15 is 0 Å². The lowest BCUT2D eigenvalue weighted by molar-refractivity contribution is -0.130. The molecule has 3 atom stereocenters. The number of ether oxygens (including phenoxy) is 2. The molecule has 2 aliphatic heterocycles. The van der Waals surface area contributed by atoms with Gasteiger partial charge in [-0.1, -0.05) is 17.3 Å². The van der Waals surface area contributed by atoms with Crippen LogP contribution >= 0.6 is 0 Å². The van der Waals surface area contributed by atoms with Crippen LogP contribution in [0.15, 0.2) is 47.0 Å². The van der Waals surface area contributed by atoms with E-state index in [2.05, 4.69) is 21.1 Å². The maximum atomic E-state index is 13.9. The molecule has 210 valence electrons. The lowest BCUT2D eigenvalue weighted by Crippen LogP contribution is -2.53. The Labute approximate surface area is 230 Å². The minimum absolute atomic E-state index is 0.0524. The van der Waals surface area contributed by atoms with Gasteiger partial charge in [-0.2, -0.15) is 0 Å². The number of hydrogen-bond donors (Lipinski definition) is 3. The van der Waals surface area contributed by atoms with Crippen LogP contribution < -0.4 is 20.7 Å². The van der Waals surface area contributed by atoms with Crippen molar-refractivity contribution in [2.24, 2.45) is 0 Å². The van der Waals surface area contributed by atoms with Gasteiger partial charge in [0.2, 0.25) is 5.91 Å². The monoisotopic (exact) mass is 551 g/mol. The number of nitrogens with one attached hydrogen (secondary N) is 3. The fourth-order valence-corrected chi connectivity index (χ4v) is 5.01. The zero-order valence-corrected chi connectivity index (χ0v) is 22.3. The van der Waals surface area contributed by atoms with E-state index in [1.165, 1.54) is 12.1 Å². The number of rotatable bonds is 5. The molecule has 40 heavy (non-hydrogen) atoms. The molecule has 2 aromatic carbocycles. The normalized spacial score (nSPS) is 20.4. The Bertz CT molecular complexity index is 1420. The molecule has 0 aliphatic carbocycles. The lowest BCUT2D eigenvalue weighted by Gasteiger charge is -2.42. The van der Waals surface area contributed by atoms with Crippen LogP contribution in [-0.2, 0) is 9.53 Å². The molecular weight excluding hydrogens is 521 g/mol. The summed E-state index contributed by atoms with van der Waals surface area (Å²) in [7, 11) is 1.70. The third-order valence-corrected chi connectivity index (χ3v) is 7.10. The Balaban J connectivity index is 1.23. The third kappa shape index (κ3) is 5.76. The van der Waals surface area contributed by atoms with E-state index in [1.54, 1.807) is 56.1 Å². The number of benzene rings is 2. The third-order valence-electron chi connectivity index (χ3n) is 7.10. The predicted octanol–water partition coefficient (Wildman–Crippen LogP) is 4.48. The van der Waals surface area contributed by atoms with E-state index in [1.807, 2.05) is 0 Å². The highest BCUT2D eigenvalue weighted by molar-refractivity contribution is 6.03. The van der Waals surface area contributed by atoms with Gasteiger partial charge in [0.1, 0.15) is 35.7 Å². The van der Waals surface area contributed by atoms with Crippen LogP contribution in [0.3, 0.4) is 0 Å². The quantitative estimate of drug-likeness (QED) is 0.425. The number of likely N-dealkylation sites (N-methyl/N-ethyl adjacent to an activating group) is 1. The molecule has 3 heterocycles. The number of amides is 4. The topological polar surface area (TPSA) is 135 Å². The van der Waals surface area contributed by atoms with Gasteiger partial charge >= 0.3 is 6.03 Å². The number of fused-ring (bicyclic) bond motifs is 2. The van der Waals surface area contributed by atoms with Gasteiger partial charge in [-0.05, 0) is 57.0 Å². The second kappa shape index (κ2) is 11.3. The molecule has 11 nitrogen and oxygen atoms in total. The summed E-state index contributed by atoms with van der Waals surface area (Å²) in [5.41, 5.74) is 1.86. The van der Waals surface area contributed by atoms with Crippen LogP contribution in [0.2, 0.25) is 0 Å². The van der Waals surface area contributed by atoms with Crippen molar-refractivity contribution in [3.63, 3.8) is 0 Å². The van der Waals surface area contributed by atoms with E-state index < -0.39 is 24.1 Å². The van der Waals surface area contributed by atoms with E-state index in [0.717, 1.165) is 0 Å². The van der Waals surface area contributed by atoms with Crippen molar-refractivity contribution < 1.29 is 32.8 Å². The molecular formula is C28H30FN5O6. The van der Waals surface area contributed by atoms with Gasteiger partial charge in [-0.3, -0.25) is 9.59 Å². The Morgan fingerprint density at radius 3 is 2.65 bits per heavy atom. The molecule has 2 aliphatic rings. The van der Waals surface area contributed by atoms with E-state index in [-0.39, 0.29) is 36.6 Å². The smallest absolute Gasteiger partial charge is 0.323 e. The van der Waals surface area contributed by atoms with Crippen LogP contribution in [0.25, 0.3) is 0 Å². The summed E-state index contributed by atoms with van der Waals surface area (Å²) >= 11 is 0. The number of para-hydroxylation sites is 1. The summed E-state index contributed by atoms with van der Waals surface area (Å²) in [5, 5.41) is 11.8. The molecule has 0 radical (unpaired) electrons. The van der Waals surface area contributed by atoms with Crippen LogP contribution in [0.5, 0.6) is 5.75 Å². The molecule has 4 amide bonds. The maximum Gasteiger partial charge on any atom is 0.323 e. The number of hydrogen-bond acceptors (Lipinski definition) is 7. The number of aryl methyl sites for hydroxylation is 2. The van der Waals surface area contributed by atoms with Crippen LogP contribution in [0.1, 0.15) is 41.1 Å². The standard InChI is InChI=1S/C28H30FN5O6/c1-15-26(16(2)40-33-15)32-28(37)30-17-8-11-23-19(12-17)27(36)34(3)22-10-9-18(39-24(22)14-38-23)13-25(35)31-21-7-5-4-6-20(21)29/h4-8,11-12,18,22,24H,9-10,13-14H2,1-3H3,(H,31,35)(H2,30,32,37)/t18-,22+,24-/m1/s1. The van der Waals surface area contributed by atoms with Crippen molar-refractivity contribution in [2.45, 2.75) is 51.4 Å². The SMILES string of the molecule is Cc1noc(C)c1NC(=O)Nc1ccc2c(c1)C(=O)N(C)[C@H]1CC[C@H](CC(=O)Nc3ccccc3F)O[C@@H]1CO2. The average Bonchev–Trinajstić information content (AvgIpc) is 3.24. The molecule has 0 spiro atoms. The number of carbonyl (C=O) groups excluding carboxylic acids is 3. The van der Waals surface area contributed by atoms with Gasteiger partial charge in [0.15, 0.2) is 5.76 Å². The molecule has 0 unspecified atom stereocenters. The summed E-state index contributed by atoms with van der Waals surface area (Å²) in [6, 6.07) is 10.0. The Morgan fingerprint density at radius 2 is 1.90 bits per heavy atom. The molecule has 0 bridgehead atoms. The van der Waals surface area contributed by atoms with Gasteiger partial charge in [0.05, 0.1) is 29.8 Å². The summed E-state index contributed by atoms with van der Waals surface area (Å²) in [5.74, 6) is -0.303. The summed E-state index contributed by atoms with van der Waals surface area (Å²) in [6.45, 7) is 3.58. The van der Waals surface area contributed by atoms with Gasteiger partial charge < -0.3 is 34.8 Å². The Kier molecular flexibility index (Phi) is 7.69. The van der Waals surface area contributed by atoms with E-state index in [9.17, 15) is 18.8 Å². The minimum atomic E-state index is -0.507. The molecule has 3 N–H and O–H groups in total. The molecule has 5 rings (SSSR count). The highest BCUT2D eigenvalue weighted by atomic mass is 19.1. The first-order valence-corrected chi connectivity index (χ1v) is 12.9. The molecule has 3 aromatic rings. The summed E-state index contributed by atoms with van der Waals surface area (Å²) in [4.78, 5) is 40.2. The zero-order chi connectivity index (χ0) is 28.4. The first kappa shape index (κ1) is 27.1. The van der Waals surface area contributed by atoms with E-state index in [4.69, 9.17) is 14.0 Å². The predicted molar refractivity (Wildman–Crippen MR) is 144 cm³/mol. The Morgan fingerprint density at radius 1 is 1.10 bits per heavy atom. The highest BCUT2D eigenvalue weighted by Gasteiger charge is 2.39. The van der Waals surface area contributed by atoms with Crippen molar-refractivity contribution in [2.75, 3.05) is 29.6 Å². The molecule has 1 fully saturated rings. The average molecular weight is 552 g/mol. The number of urea groups is 1. The maximum absolute atomic E-state index is 13.9. The zero-order valence-electron chi connectivity index (χ0n) is 22.3. The second-order valence-corrected chi connectivity index (χ2v) is 9.89. The first-order valence-electron chi connectivity index (χ1n) is 12.9. The number of halogens is 1. The molecule has 1 aromatic heterocycles. The van der Waals surface area contributed by atoms with Gasteiger partial charge in [-0.25, -0.2) is 9.18 Å². The molecule has 0 saturated carbocycles. The summed E-state index contributed by atoms with van der Waals surface area (Å²) < 4.78 is 31.1. The van der Waals surface area contributed by atoms with E-state index in [0.29, 0.717) is 47.0 Å². The van der Waals surface area contributed by atoms with Gasteiger partial charge in [0.25, 0.3) is 5.91 Å². The van der Waals surface area contributed by atoms with Crippen molar-refractivity contribution in [3.8, 4) is 5.75 Å². The van der Waals surface area contributed by atoms with Crippen molar-refractivity contribution in [1.82, 2.24) is 10.1 Å². The molecule has 1 saturated heterocycles. The van der Waals surface area contributed by atoms with Gasteiger partial charge in [0, 0.05) is 12.7 Å². The number of anilines is 3. The van der Waals surface area contributed by atoms with Gasteiger partial charge in [-0.15, -0.1) is 0 Å². The first-order chi connectivity index (χ1) is 19.2. The second-order valence-electron chi connectivity index (χ2n) is 9.89. The number of aromatic nitrogens is 1. The van der Waals surface area contributed by atoms with Crippen LogP contribution in [0.4, 0.5) is 26.2 Å². The number of nitrogens with zero attached hydrogens (tertiary/aromatic N) is 2. The van der Waals surface area contributed by atoms with Crippen molar-refractivity contribution >= 4 is 34.9 Å². The van der Waals surface area contributed by atoms with Crippen LogP contribution in [-0.4, -0.2) is 59.8 Å². The highest BCUT2D eigenvalue weighted by Crippen LogP contribution is 2.33. The number of carbonyl (C=O) groups is 3. The fourth-order valence-electron chi connectivity index (χ4n) is 5.01. The fraction of sp³-hybridized carbons (Fsp3) is 0.357. The van der Waals surface area contributed by atoms with Crippen molar-refractivity contribution in [1.29, 1.82) is 0 Å². The summed E-state index contributed by atoms with van der Waals surface area (Å²) in [6.07, 6.45) is 0.333. The lowest BCUT2D eigenvalue weighted by atomic mass is 9.94. The van der Waals surface area contributed by atoms with Crippen molar-refractivity contribution in [3.05, 3.63) is 65.3 Å². The largest absolute Gasteiger partial charge is 0.490 e. The molecule has 12 heteroatoms. The minimum Gasteiger partial charge on any atom is -0.490 e.